The van der Waals surface area contributed by atoms with Crippen molar-refractivity contribution >= 4 is 41.3 Å². The van der Waals surface area contributed by atoms with E-state index in [1.165, 1.54) is 4.88 Å². The first-order valence-corrected chi connectivity index (χ1v) is 8.93. The molecule has 0 radical (unpaired) electrons. The summed E-state index contributed by atoms with van der Waals surface area (Å²) in [5.41, 5.74) is 1.03. The summed E-state index contributed by atoms with van der Waals surface area (Å²) in [6.07, 6.45) is 0.876. The van der Waals surface area contributed by atoms with Crippen LogP contribution in [0.2, 0.25) is 0 Å². The first kappa shape index (κ1) is 21.0. The van der Waals surface area contributed by atoms with E-state index in [4.69, 9.17) is 4.52 Å². The maximum atomic E-state index is 5.28. The predicted molar refractivity (Wildman–Crippen MR) is 111 cm³/mol. The van der Waals surface area contributed by atoms with Crippen LogP contribution in [0.25, 0.3) is 0 Å². The lowest BCUT2D eigenvalue weighted by molar-refractivity contribution is 0.379. The van der Waals surface area contributed by atoms with Crippen LogP contribution in [0.5, 0.6) is 0 Å². The van der Waals surface area contributed by atoms with Crippen molar-refractivity contribution in [3.63, 3.8) is 0 Å². The van der Waals surface area contributed by atoms with E-state index in [2.05, 4.69) is 66.0 Å². The quantitative estimate of drug-likeness (QED) is 0.372. The second-order valence-electron chi connectivity index (χ2n) is 6.05. The highest BCUT2D eigenvalue weighted by Crippen LogP contribution is 2.26. The van der Waals surface area contributed by atoms with Crippen molar-refractivity contribution in [2.45, 2.75) is 46.1 Å². The summed E-state index contributed by atoms with van der Waals surface area (Å²) in [6.45, 7) is 10.7. The highest BCUT2D eigenvalue weighted by molar-refractivity contribution is 14.0. The third kappa shape index (κ3) is 6.08. The average molecular weight is 462 g/mol. The lowest BCUT2D eigenvalue weighted by Crippen LogP contribution is -2.43. The largest absolute Gasteiger partial charge is 0.359 e. The Hall–Kier alpha value is -1.09. The van der Waals surface area contributed by atoms with Gasteiger partial charge in [0.05, 0.1) is 5.69 Å². The Morgan fingerprint density at radius 3 is 2.71 bits per heavy atom. The molecule has 2 rings (SSSR count). The molecule has 134 valence electrons. The Morgan fingerprint density at radius 1 is 1.33 bits per heavy atom. The van der Waals surface area contributed by atoms with Crippen LogP contribution in [-0.2, 0) is 18.4 Å². The molecular formula is C17H27IN4OS. The molecule has 0 saturated heterocycles. The Labute approximate surface area is 165 Å². The number of aliphatic imine (C=N–C) groups is 1. The number of thiophene rings is 1. The minimum atomic E-state index is 0. The van der Waals surface area contributed by atoms with E-state index in [0.29, 0.717) is 6.54 Å². The molecule has 0 aliphatic carbocycles. The van der Waals surface area contributed by atoms with Crippen LogP contribution < -0.4 is 10.6 Å². The topological polar surface area (TPSA) is 62.5 Å². The molecule has 24 heavy (non-hydrogen) atoms. The van der Waals surface area contributed by atoms with Crippen LogP contribution in [0.1, 0.15) is 44.0 Å². The van der Waals surface area contributed by atoms with E-state index >= 15 is 0 Å². The van der Waals surface area contributed by atoms with E-state index < -0.39 is 0 Å². The van der Waals surface area contributed by atoms with Crippen LogP contribution in [0.4, 0.5) is 0 Å². The molecule has 5 nitrogen and oxygen atoms in total. The van der Waals surface area contributed by atoms with Gasteiger partial charge in [-0.2, -0.15) is 0 Å². The van der Waals surface area contributed by atoms with Gasteiger partial charge in [0, 0.05) is 29.4 Å². The van der Waals surface area contributed by atoms with Crippen molar-refractivity contribution in [2.24, 2.45) is 4.99 Å². The van der Waals surface area contributed by atoms with Crippen molar-refractivity contribution in [1.29, 1.82) is 0 Å². The first-order chi connectivity index (χ1) is 11.0. The molecule has 0 aromatic carbocycles. The number of aromatic nitrogens is 1. The monoisotopic (exact) mass is 462 g/mol. The van der Waals surface area contributed by atoms with Crippen molar-refractivity contribution in [3.05, 3.63) is 39.9 Å². The highest BCUT2D eigenvalue weighted by atomic mass is 127. The smallest absolute Gasteiger partial charge is 0.191 e. The molecule has 0 spiro atoms. The van der Waals surface area contributed by atoms with Gasteiger partial charge in [-0.15, -0.1) is 35.3 Å². The zero-order valence-corrected chi connectivity index (χ0v) is 17.9. The lowest BCUT2D eigenvalue weighted by Gasteiger charge is -2.25. The van der Waals surface area contributed by atoms with Crippen LogP contribution in [0.15, 0.2) is 33.1 Å². The fourth-order valence-electron chi connectivity index (χ4n) is 2.15. The maximum absolute atomic E-state index is 5.28. The van der Waals surface area contributed by atoms with Gasteiger partial charge in [-0.25, -0.2) is 4.99 Å². The summed E-state index contributed by atoms with van der Waals surface area (Å²) in [7, 11) is 0. The first-order valence-electron chi connectivity index (χ1n) is 8.05. The number of halogens is 1. The van der Waals surface area contributed by atoms with Gasteiger partial charge in [0.25, 0.3) is 0 Å². The van der Waals surface area contributed by atoms with E-state index in [1.807, 2.05) is 6.07 Å². The highest BCUT2D eigenvalue weighted by Gasteiger charge is 2.21. The fraction of sp³-hybridized carbons (Fsp3) is 0.529. The number of hydrogen-bond acceptors (Lipinski definition) is 4. The number of nitrogens with zero attached hydrogens (tertiary/aromatic N) is 2. The molecule has 0 amide bonds. The van der Waals surface area contributed by atoms with Crippen LogP contribution in [0.3, 0.4) is 0 Å². The number of aryl methyl sites for hydroxylation is 1. The minimum Gasteiger partial charge on any atom is -0.359 e. The SMILES string of the molecule is CCNC(=NCc1cc(CC)no1)NCC(C)(C)c1cccs1.I. The molecule has 0 saturated carbocycles. The molecule has 0 unspecified atom stereocenters. The van der Waals surface area contributed by atoms with Gasteiger partial charge in [-0.1, -0.05) is 32.0 Å². The van der Waals surface area contributed by atoms with Crippen LogP contribution in [-0.4, -0.2) is 24.2 Å². The van der Waals surface area contributed by atoms with Crippen LogP contribution >= 0.6 is 35.3 Å². The normalized spacial score (nSPS) is 11.9. The van der Waals surface area contributed by atoms with E-state index in [-0.39, 0.29) is 29.4 Å². The number of guanidine groups is 1. The van der Waals surface area contributed by atoms with Crippen molar-refractivity contribution < 1.29 is 4.52 Å². The molecule has 0 bridgehead atoms. The lowest BCUT2D eigenvalue weighted by atomic mass is 9.91. The molecule has 0 fully saturated rings. The second kappa shape index (κ2) is 10.0. The molecule has 2 aromatic heterocycles. The number of hydrogen-bond donors (Lipinski definition) is 2. The average Bonchev–Trinajstić information content (AvgIpc) is 3.21. The molecule has 0 aliphatic heterocycles. The van der Waals surface area contributed by atoms with Gasteiger partial charge in [-0.05, 0) is 24.8 Å². The second-order valence-corrected chi connectivity index (χ2v) is 7.00. The zero-order chi connectivity index (χ0) is 16.7. The van der Waals surface area contributed by atoms with Gasteiger partial charge in [0.15, 0.2) is 11.7 Å². The summed E-state index contributed by atoms with van der Waals surface area (Å²) in [5.74, 6) is 1.59. The Balaban J connectivity index is 0.00000288. The third-order valence-corrected chi connectivity index (χ3v) is 4.83. The molecule has 0 atom stereocenters. The van der Waals surface area contributed by atoms with E-state index in [0.717, 1.165) is 36.9 Å². The number of nitrogens with one attached hydrogen (secondary N) is 2. The molecule has 2 aromatic rings. The summed E-state index contributed by atoms with van der Waals surface area (Å²) in [4.78, 5) is 5.94. The van der Waals surface area contributed by atoms with Crippen LogP contribution in [0, 0.1) is 0 Å². The summed E-state index contributed by atoms with van der Waals surface area (Å²) >= 11 is 1.79. The van der Waals surface area contributed by atoms with E-state index in [9.17, 15) is 0 Å². The standard InChI is InChI=1S/C17H26N4OS.HI/c1-5-13-10-14(22-21-13)11-19-16(18-6-2)20-12-17(3,4)15-8-7-9-23-15;/h7-10H,5-6,11-12H2,1-4H3,(H2,18,19,20);1H. The van der Waals surface area contributed by atoms with Gasteiger partial charge in [-0.3, -0.25) is 0 Å². The van der Waals surface area contributed by atoms with Crippen molar-refractivity contribution in [2.75, 3.05) is 13.1 Å². The molecule has 2 heterocycles. The Kier molecular flexibility index (Phi) is 8.75. The van der Waals surface area contributed by atoms with Crippen molar-refractivity contribution in [1.82, 2.24) is 15.8 Å². The van der Waals surface area contributed by atoms with Crippen molar-refractivity contribution in [3.8, 4) is 0 Å². The predicted octanol–water partition coefficient (Wildman–Crippen LogP) is 3.95. The minimum absolute atomic E-state index is 0. The van der Waals surface area contributed by atoms with E-state index in [1.54, 1.807) is 11.3 Å². The molecular weight excluding hydrogens is 435 g/mol. The Morgan fingerprint density at radius 2 is 2.12 bits per heavy atom. The molecule has 0 aliphatic rings. The third-order valence-electron chi connectivity index (χ3n) is 3.59. The molecule has 2 N–H and O–H groups in total. The summed E-state index contributed by atoms with van der Waals surface area (Å²) in [6, 6.07) is 6.23. The van der Waals surface area contributed by atoms with Gasteiger partial charge in [0.2, 0.25) is 0 Å². The zero-order valence-electron chi connectivity index (χ0n) is 14.8. The Bertz CT molecular complexity index is 622. The fourth-order valence-corrected chi connectivity index (χ4v) is 3.00. The summed E-state index contributed by atoms with van der Waals surface area (Å²) in [5, 5.41) is 12.8. The summed E-state index contributed by atoms with van der Waals surface area (Å²) < 4.78 is 5.28. The van der Waals surface area contributed by atoms with Gasteiger partial charge >= 0.3 is 0 Å². The maximum Gasteiger partial charge on any atom is 0.191 e. The van der Waals surface area contributed by atoms with Gasteiger partial charge < -0.3 is 15.2 Å². The van der Waals surface area contributed by atoms with Gasteiger partial charge in [0.1, 0.15) is 6.54 Å². The number of rotatable bonds is 7. The molecule has 7 heteroatoms.